The van der Waals surface area contributed by atoms with E-state index in [0.717, 1.165) is 48.0 Å². The third-order valence-electron chi connectivity index (χ3n) is 4.28. The minimum atomic E-state index is -0.0416. The summed E-state index contributed by atoms with van der Waals surface area (Å²) < 4.78 is 5.35. The number of fused-ring (bicyclic) bond motifs is 1. The standard InChI is InChI=1S/C17H20N6O2S/c1-12-8-13-16(19-11-20-17(13)26-12)23-4-2-22(3-5-23)14-9-18-10-15(21-14)25-7-6-24/h8-11,24H,2-7H2,1H3. The lowest BCUT2D eigenvalue weighted by Crippen LogP contribution is -2.47. The van der Waals surface area contributed by atoms with Crippen LogP contribution in [0.15, 0.2) is 24.8 Å². The van der Waals surface area contributed by atoms with Gasteiger partial charge in [-0.25, -0.2) is 9.97 Å². The van der Waals surface area contributed by atoms with E-state index in [2.05, 4.69) is 42.7 Å². The monoisotopic (exact) mass is 372 g/mol. The number of nitrogens with zero attached hydrogens (tertiary/aromatic N) is 6. The van der Waals surface area contributed by atoms with Crippen molar-refractivity contribution in [1.29, 1.82) is 0 Å². The number of aromatic nitrogens is 4. The SMILES string of the molecule is Cc1cc2c(N3CCN(c4cncc(OCCO)n4)CC3)ncnc2s1. The number of hydrogen-bond donors (Lipinski definition) is 1. The Morgan fingerprint density at radius 1 is 1.15 bits per heavy atom. The molecule has 1 N–H and O–H groups in total. The Labute approximate surface area is 155 Å². The number of ether oxygens (including phenoxy) is 1. The van der Waals surface area contributed by atoms with Gasteiger partial charge in [-0.3, -0.25) is 4.98 Å². The zero-order chi connectivity index (χ0) is 17.9. The van der Waals surface area contributed by atoms with Crippen molar-refractivity contribution < 1.29 is 9.84 Å². The number of rotatable bonds is 5. The fraction of sp³-hybridized carbons (Fsp3) is 0.412. The summed E-state index contributed by atoms with van der Waals surface area (Å²) in [4.78, 5) is 24.3. The topological polar surface area (TPSA) is 87.5 Å². The van der Waals surface area contributed by atoms with Crippen molar-refractivity contribution in [3.8, 4) is 5.88 Å². The Morgan fingerprint density at radius 3 is 2.77 bits per heavy atom. The van der Waals surface area contributed by atoms with E-state index in [9.17, 15) is 0 Å². The van der Waals surface area contributed by atoms with Crippen LogP contribution in [0.5, 0.6) is 5.88 Å². The molecule has 9 heteroatoms. The molecule has 1 aliphatic rings. The van der Waals surface area contributed by atoms with Gasteiger partial charge in [0.25, 0.3) is 0 Å². The lowest BCUT2D eigenvalue weighted by molar-refractivity contribution is 0.196. The van der Waals surface area contributed by atoms with Gasteiger partial charge in [0.05, 0.1) is 24.4 Å². The van der Waals surface area contributed by atoms with Crippen LogP contribution in [0, 0.1) is 6.92 Å². The summed E-state index contributed by atoms with van der Waals surface area (Å²) >= 11 is 1.70. The van der Waals surface area contributed by atoms with Crippen molar-refractivity contribution in [2.24, 2.45) is 0 Å². The second-order valence-electron chi connectivity index (χ2n) is 6.03. The molecule has 8 nitrogen and oxygen atoms in total. The van der Waals surface area contributed by atoms with Gasteiger partial charge in [0.15, 0.2) is 5.82 Å². The molecule has 0 atom stereocenters. The molecule has 0 aromatic carbocycles. The van der Waals surface area contributed by atoms with E-state index in [1.54, 1.807) is 30.1 Å². The smallest absolute Gasteiger partial charge is 0.234 e. The summed E-state index contributed by atoms with van der Waals surface area (Å²) in [5.41, 5.74) is 0. The molecule has 0 aliphatic carbocycles. The molecule has 1 saturated heterocycles. The third-order valence-corrected chi connectivity index (χ3v) is 5.23. The predicted octanol–water partition coefficient (Wildman–Crippen LogP) is 1.49. The molecule has 0 radical (unpaired) electrons. The van der Waals surface area contributed by atoms with Gasteiger partial charge < -0.3 is 19.6 Å². The second-order valence-corrected chi connectivity index (χ2v) is 7.27. The predicted molar refractivity (Wildman–Crippen MR) is 101 cm³/mol. The summed E-state index contributed by atoms with van der Waals surface area (Å²) in [6.45, 7) is 5.63. The maximum atomic E-state index is 8.86. The molecule has 3 aromatic heterocycles. The molecule has 0 unspecified atom stereocenters. The number of aryl methyl sites for hydroxylation is 1. The van der Waals surface area contributed by atoms with Crippen LogP contribution in [0.4, 0.5) is 11.6 Å². The summed E-state index contributed by atoms with van der Waals surface area (Å²) in [5, 5.41) is 9.99. The number of aliphatic hydroxyl groups excluding tert-OH is 1. The molecule has 136 valence electrons. The van der Waals surface area contributed by atoms with Crippen molar-refractivity contribution in [1.82, 2.24) is 19.9 Å². The minimum Gasteiger partial charge on any atom is -0.474 e. The fourth-order valence-corrected chi connectivity index (χ4v) is 3.92. The van der Waals surface area contributed by atoms with Crippen LogP contribution in [0.3, 0.4) is 0 Å². The highest BCUT2D eigenvalue weighted by Gasteiger charge is 2.22. The van der Waals surface area contributed by atoms with Gasteiger partial charge in [-0.15, -0.1) is 11.3 Å². The second kappa shape index (κ2) is 7.38. The molecule has 0 bridgehead atoms. The number of aliphatic hydroxyl groups is 1. The quantitative estimate of drug-likeness (QED) is 0.721. The van der Waals surface area contributed by atoms with Gasteiger partial charge in [-0.05, 0) is 13.0 Å². The van der Waals surface area contributed by atoms with Gasteiger partial charge >= 0.3 is 0 Å². The first kappa shape index (κ1) is 16.9. The highest BCUT2D eigenvalue weighted by atomic mass is 32.1. The average molecular weight is 372 g/mol. The summed E-state index contributed by atoms with van der Waals surface area (Å²) in [7, 11) is 0. The van der Waals surface area contributed by atoms with Gasteiger partial charge in [0, 0.05) is 31.1 Å². The number of hydrogen-bond acceptors (Lipinski definition) is 9. The molecular weight excluding hydrogens is 352 g/mol. The molecule has 1 fully saturated rings. The summed E-state index contributed by atoms with van der Waals surface area (Å²) in [6.07, 6.45) is 4.95. The zero-order valence-corrected chi connectivity index (χ0v) is 15.3. The van der Waals surface area contributed by atoms with Crippen molar-refractivity contribution in [2.75, 3.05) is 49.2 Å². The molecular formula is C17H20N6O2S. The van der Waals surface area contributed by atoms with Crippen LogP contribution in [-0.2, 0) is 0 Å². The Bertz CT molecular complexity index is 894. The Kier molecular flexibility index (Phi) is 4.81. The Hall–Kier alpha value is -2.52. The van der Waals surface area contributed by atoms with Crippen LogP contribution in [-0.4, -0.2) is 64.4 Å². The Balaban J connectivity index is 1.47. The first-order valence-corrected chi connectivity index (χ1v) is 9.33. The highest BCUT2D eigenvalue weighted by Crippen LogP contribution is 2.30. The van der Waals surface area contributed by atoms with Crippen molar-refractivity contribution in [2.45, 2.75) is 6.92 Å². The summed E-state index contributed by atoms with van der Waals surface area (Å²) in [5.74, 6) is 2.23. The van der Waals surface area contributed by atoms with Crippen molar-refractivity contribution in [3.63, 3.8) is 0 Å². The van der Waals surface area contributed by atoms with Gasteiger partial charge in [-0.1, -0.05) is 0 Å². The minimum absolute atomic E-state index is 0.0416. The first-order valence-electron chi connectivity index (χ1n) is 8.51. The number of anilines is 2. The molecule has 0 spiro atoms. The van der Waals surface area contributed by atoms with Gasteiger partial charge in [0.2, 0.25) is 5.88 Å². The molecule has 26 heavy (non-hydrogen) atoms. The largest absolute Gasteiger partial charge is 0.474 e. The molecule has 4 rings (SSSR count). The average Bonchev–Trinajstić information content (AvgIpc) is 3.07. The van der Waals surface area contributed by atoms with E-state index in [1.165, 1.54) is 4.88 Å². The lowest BCUT2D eigenvalue weighted by atomic mass is 10.2. The van der Waals surface area contributed by atoms with Gasteiger partial charge in [0.1, 0.15) is 23.6 Å². The third kappa shape index (κ3) is 3.40. The summed E-state index contributed by atoms with van der Waals surface area (Å²) in [6, 6.07) is 2.16. The van der Waals surface area contributed by atoms with E-state index in [1.807, 2.05) is 0 Å². The molecule has 3 aromatic rings. The molecule has 0 saturated carbocycles. The first-order chi connectivity index (χ1) is 12.7. The van der Waals surface area contributed by atoms with E-state index in [-0.39, 0.29) is 13.2 Å². The zero-order valence-electron chi connectivity index (χ0n) is 14.5. The normalized spacial score (nSPS) is 14.8. The number of thiophene rings is 1. The fourth-order valence-electron chi connectivity index (χ4n) is 3.07. The Morgan fingerprint density at radius 2 is 1.96 bits per heavy atom. The van der Waals surface area contributed by atoms with Crippen molar-refractivity contribution >= 4 is 33.2 Å². The number of piperazine rings is 1. The molecule has 0 amide bonds. The van der Waals surface area contributed by atoms with Crippen LogP contribution in [0.25, 0.3) is 10.2 Å². The lowest BCUT2D eigenvalue weighted by Gasteiger charge is -2.36. The van der Waals surface area contributed by atoms with Crippen LogP contribution >= 0.6 is 11.3 Å². The maximum Gasteiger partial charge on any atom is 0.234 e. The highest BCUT2D eigenvalue weighted by molar-refractivity contribution is 7.18. The van der Waals surface area contributed by atoms with Crippen LogP contribution < -0.4 is 14.5 Å². The van der Waals surface area contributed by atoms with Crippen molar-refractivity contribution in [3.05, 3.63) is 29.7 Å². The molecule has 4 heterocycles. The van der Waals surface area contributed by atoms with Crippen LogP contribution in [0.1, 0.15) is 4.88 Å². The van der Waals surface area contributed by atoms with Crippen LogP contribution in [0.2, 0.25) is 0 Å². The maximum absolute atomic E-state index is 8.86. The van der Waals surface area contributed by atoms with E-state index >= 15 is 0 Å². The van der Waals surface area contributed by atoms with Gasteiger partial charge in [-0.2, -0.15) is 4.98 Å². The molecule has 1 aliphatic heterocycles. The van der Waals surface area contributed by atoms with E-state index in [0.29, 0.717) is 5.88 Å². The van der Waals surface area contributed by atoms with E-state index in [4.69, 9.17) is 9.84 Å². The van der Waals surface area contributed by atoms with E-state index < -0.39 is 0 Å².